The largest absolute Gasteiger partial charge is 0.354 e. The van der Waals surface area contributed by atoms with E-state index in [2.05, 4.69) is 30.7 Å². The minimum absolute atomic E-state index is 0.382. The predicted octanol–water partition coefficient (Wildman–Crippen LogP) is 2.05. The number of aromatic nitrogens is 2. The number of hydrogen-bond acceptors (Lipinski definition) is 4. The van der Waals surface area contributed by atoms with Crippen molar-refractivity contribution in [2.75, 3.05) is 38.1 Å². The third kappa shape index (κ3) is 2.66. The Hall–Kier alpha value is -1.16. The zero-order chi connectivity index (χ0) is 14.3. The van der Waals surface area contributed by atoms with Crippen LogP contribution in [-0.4, -0.2) is 48.1 Å². The van der Waals surface area contributed by atoms with Gasteiger partial charge in [0, 0.05) is 37.4 Å². The minimum atomic E-state index is 0.382. The summed E-state index contributed by atoms with van der Waals surface area (Å²) in [5.41, 5.74) is 3.09. The number of fused-ring (bicyclic) bond motifs is 1. The second-order valence-corrected chi connectivity index (χ2v) is 7.15. The van der Waals surface area contributed by atoms with Crippen molar-refractivity contribution in [3.05, 3.63) is 17.1 Å². The van der Waals surface area contributed by atoms with E-state index < -0.39 is 0 Å². The Morgan fingerprint density at radius 2 is 1.75 bits per heavy atom. The van der Waals surface area contributed by atoms with E-state index in [1.165, 1.54) is 23.5 Å². The lowest BCUT2D eigenvalue weighted by atomic mass is 9.76. The molecule has 1 aliphatic heterocycles. The molecule has 4 nitrogen and oxygen atoms in total. The maximum absolute atomic E-state index is 4.78. The average Bonchev–Trinajstić information content (AvgIpc) is 2.37. The maximum Gasteiger partial charge on any atom is 0.135 e. The molecular formula is C16H26N4. The molecule has 0 atom stereocenters. The Kier molecular flexibility index (Phi) is 3.44. The highest BCUT2D eigenvalue weighted by Crippen LogP contribution is 2.37. The van der Waals surface area contributed by atoms with E-state index in [4.69, 9.17) is 9.97 Å². The maximum atomic E-state index is 4.78. The quantitative estimate of drug-likeness (QED) is 0.784. The molecule has 0 unspecified atom stereocenters. The van der Waals surface area contributed by atoms with Gasteiger partial charge in [0.15, 0.2) is 0 Å². The van der Waals surface area contributed by atoms with E-state index in [9.17, 15) is 0 Å². The molecule has 1 saturated heterocycles. The van der Waals surface area contributed by atoms with Crippen LogP contribution in [0.4, 0.5) is 5.82 Å². The number of piperazine rings is 1. The Morgan fingerprint density at radius 3 is 2.45 bits per heavy atom. The molecule has 1 fully saturated rings. The number of nitrogens with zero attached hydrogens (tertiary/aromatic N) is 4. The van der Waals surface area contributed by atoms with Gasteiger partial charge in [0.25, 0.3) is 0 Å². The Labute approximate surface area is 122 Å². The fraction of sp³-hybridized carbons (Fsp3) is 0.750. The van der Waals surface area contributed by atoms with Crippen LogP contribution in [0.1, 0.15) is 37.4 Å². The lowest BCUT2D eigenvalue weighted by Crippen LogP contribution is -2.45. The first-order valence-electron chi connectivity index (χ1n) is 7.74. The summed E-state index contributed by atoms with van der Waals surface area (Å²) in [4.78, 5) is 14.4. The lowest BCUT2D eigenvalue weighted by molar-refractivity contribution is 0.303. The Bertz CT molecular complexity index is 501. The molecule has 3 rings (SSSR count). The van der Waals surface area contributed by atoms with Crippen molar-refractivity contribution < 1.29 is 0 Å². The molecule has 0 bridgehead atoms. The van der Waals surface area contributed by atoms with E-state index in [1.54, 1.807) is 0 Å². The molecule has 0 spiro atoms. The van der Waals surface area contributed by atoms with E-state index in [0.29, 0.717) is 5.41 Å². The lowest BCUT2D eigenvalue weighted by Gasteiger charge is -2.37. The van der Waals surface area contributed by atoms with E-state index >= 15 is 0 Å². The molecule has 1 aliphatic carbocycles. The van der Waals surface area contributed by atoms with Gasteiger partial charge in [0.05, 0.1) is 0 Å². The summed E-state index contributed by atoms with van der Waals surface area (Å²) in [6.45, 7) is 11.2. The normalized spacial score (nSPS) is 22.7. The number of rotatable bonds is 1. The summed E-state index contributed by atoms with van der Waals surface area (Å²) < 4.78 is 0. The van der Waals surface area contributed by atoms with Crippen molar-refractivity contribution in [2.24, 2.45) is 5.41 Å². The van der Waals surface area contributed by atoms with Gasteiger partial charge < -0.3 is 9.80 Å². The van der Waals surface area contributed by atoms with Crippen LogP contribution in [0.3, 0.4) is 0 Å². The van der Waals surface area contributed by atoms with E-state index in [0.717, 1.165) is 44.8 Å². The standard InChI is InChI=1S/C16H26N4/c1-12-17-14-11-16(2,3)6-5-13(14)15(18-12)20-9-7-19(4)8-10-20/h5-11H2,1-4H3. The number of likely N-dealkylation sites (N-methyl/N-ethyl adjacent to an activating group) is 1. The summed E-state index contributed by atoms with van der Waals surface area (Å²) in [6, 6.07) is 0. The van der Waals surface area contributed by atoms with Crippen LogP contribution in [-0.2, 0) is 12.8 Å². The summed E-state index contributed by atoms with van der Waals surface area (Å²) in [7, 11) is 2.19. The topological polar surface area (TPSA) is 32.3 Å². The van der Waals surface area contributed by atoms with Gasteiger partial charge in [-0.05, 0) is 38.6 Å². The molecule has 20 heavy (non-hydrogen) atoms. The van der Waals surface area contributed by atoms with Gasteiger partial charge >= 0.3 is 0 Å². The van der Waals surface area contributed by atoms with Crippen LogP contribution in [0.5, 0.6) is 0 Å². The van der Waals surface area contributed by atoms with Gasteiger partial charge in [0.1, 0.15) is 11.6 Å². The minimum Gasteiger partial charge on any atom is -0.354 e. The number of aryl methyl sites for hydroxylation is 1. The molecule has 110 valence electrons. The highest BCUT2D eigenvalue weighted by molar-refractivity contribution is 5.51. The summed E-state index contributed by atoms with van der Waals surface area (Å²) in [5, 5.41) is 0. The second kappa shape index (κ2) is 4.99. The van der Waals surface area contributed by atoms with Crippen molar-refractivity contribution in [3.8, 4) is 0 Å². The Morgan fingerprint density at radius 1 is 1.05 bits per heavy atom. The first kappa shape index (κ1) is 13.8. The molecule has 0 saturated carbocycles. The van der Waals surface area contributed by atoms with Crippen molar-refractivity contribution in [3.63, 3.8) is 0 Å². The molecule has 2 aliphatic rings. The molecule has 0 N–H and O–H groups in total. The van der Waals surface area contributed by atoms with Gasteiger partial charge in [-0.2, -0.15) is 0 Å². The highest BCUT2D eigenvalue weighted by atomic mass is 15.3. The smallest absolute Gasteiger partial charge is 0.135 e. The van der Waals surface area contributed by atoms with Crippen LogP contribution in [0.25, 0.3) is 0 Å². The van der Waals surface area contributed by atoms with Crippen LogP contribution in [0.2, 0.25) is 0 Å². The molecular weight excluding hydrogens is 248 g/mol. The van der Waals surface area contributed by atoms with Gasteiger partial charge in [-0.1, -0.05) is 13.8 Å². The number of hydrogen-bond donors (Lipinski definition) is 0. The van der Waals surface area contributed by atoms with Crippen molar-refractivity contribution in [1.29, 1.82) is 0 Å². The first-order chi connectivity index (χ1) is 9.44. The molecule has 0 aromatic carbocycles. The molecule has 1 aromatic heterocycles. The zero-order valence-corrected chi connectivity index (χ0v) is 13.2. The van der Waals surface area contributed by atoms with Crippen molar-refractivity contribution in [2.45, 2.75) is 40.0 Å². The van der Waals surface area contributed by atoms with Gasteiger partial charge in [-0.3, -0.25) is 0 Å². The number of anilines is 1. The van der Waals surface area contributed by atoms with Gasteiger partial charge in [-0.25, -0.2) is 9.97 Å². The summed E-state index contributed by atoms with van der Waals surface area (Å²) in [6.07, 6.45) is 3.46. The van der Waals surface area contributed by atoms with Crippen LogP contribution in [0, 0.1) is 12.3 Å². The average molecular weight is 274 g/mol. The second-order valence-electron chi connectivity index (χ2n) is 7.15. The van der Waals surface area contributed by atoms with E-state index in [1.807, 2.05) is 6.92 Å². The van der Waals surface area contributed by atoms with Crippen molar-refractivity contribution >= 4 is 5.82 Å². The fourth-order valence-electron chi connectivity index (χ4n) is 3.32. The fourth-order valence-corrected chi connectivity index (χ4v) is 3.32. The first-order valence-corrected chi connectivity index (χ1v) is 7.74. The third-order valence-corrected chi connectivity index (χ3v) is 4.68. The molecule has 0 radical (unpaired) electrons. The SMILES string of the molecule is Cc1nc2c(c(N3CCN(C)CC3)n1)CCC(C)(C)C2. The Balaban J connectivity index is 1.94. The zero-order valence-electron chi connectivity index (χ0n) is 13.2. The molecule has 4 heteroatoms. The monoisotopic (exact) mass is 274 g/mol. The van der Waals surface area contributed by atoms with Crippen LogP contribution >= 0.6 is 0 Å². The molecule has 0 amide bonds. The summed E-state index contributed by atoms with van der Waals surface area (Å²) in [5.74, 6) is 2.14. The van der Waals surface area contributed by atoms with Gasteiger partial charge in [-0.15, -0.1) is 0 Å². The van der Waals surface area contributed by atoms with Gasteiger partial charge in [0.2, 0.25) is 0 Å². The van der Waals surface area contributed by atoms with Crippen molar-refractivity contribution in [1.82, 2.24) is 14.9 Å². The van der Waals surface area contributed by atoms with E-state index in [-0.39, 0.29) is 0 Å². The predicted molar refractivity (Wildman–Crippen MR) is 82.3 cm³/mol. The third-order valence-electron chi connectivity index (χ3n) is 4.68. The molecule has 1 aromatic rings. The van der Waals surface area contributed by atoms with Crippen LogP contribution < -0.4 is 4.90 Å². The summed E-state index contributed by atoms with van der Waals surface area (Å²) >= 11 is 0. The highest BCUT2D eigenvalue weighted by Gasteiger charge is 2.30. The molecule has 2 heterocycles. The van der Waals surface area contributed by atoms with Crippen LogP contribution in [0.15, 0.2) is 0 Å².